The number of hydrogen-bond acceptors (Lipinski definition) is 2. The molecule has 0 saturated heterocycles. The highest BCUT2D eigenvalue weighted by atomic mass is 19.1. The lowest BCUT2D eigenvalue weighted by molar-refractivity contribution is 0.415. The van der Waals surface area contributed by atoms with E-state index in [1.165, 1.54) is 6.07 Å². The van der Waals surface area contributed by atoms with E-state index in [2.05, 4.69) is 5.32 Å². The summed E-state index contributed by atoms with van der Waals surface area (Å²) in [6.45, 7) is 3.82. The Labute approximate surface area is 113 Å². The fourth-order valence-corrected chi connectivity index (χ4v) is 1.98. The van der Waals surface area contributed by atoms with E-state index in [-0.39, 0.29) is 11.9 Å². The number of hydrogen-bond donors (Lipinski definition) is 1. The van der Waals surface area contributed by atoms with Crippen LogP contribution in [0, 0.1) is 12.7 Å². The number of ether oxygens (including phenoxy) is 1. The molecule has 0 bridgehead atoms. The van der Waals surface area contributed by atoms with E-state index >= 15 is 0 Å². The summed E-state index contributed by atoms with van der Waals surface area (Å²) < 4.78 is 18.4. The first-order valence-electron chi connectivity index (χ1n) is 6.27. The van der Waals surface area contributed by atoms with Crippen molar-refractivity contribution in [2.75, 3.05) is 12.4 Å². The predicted octanol–water partition coefficient (Wildman–Crippen LogP) is 4.32. The van der Waals surface area contributed by atoms with Gasteiger partial charge in [-0.1, -0.05) is 18.2 Å². The van der Waals surface area contributed by atoms with Gasteiger partial charge >= 0.3 is 0 Å². The van der Waals surface area contributed by atoms with Gasteiger partial charge in [0, 0.05) is 17.8 Å². The highest BCUT2D eigenvalue weighted by Gasteiger charge is 2.07. The Kier molecular flexibility index (Phi) is 4.05. The van der Waals surface area contributed by atoms with Gasteiger partial charge in [0.15, 0.2) is 0 Å². The van der Waals surface area contributed by atoms with E-state index in [9.17, 15) is 4.39 Å². The fourth-order valence-electron chi connectivity index (χ4n) is 1.98. The zero-order valence-electron chi connectivity index (χ0n) is 11.4. The van der Waals surface area contributed by atoms with Crippen molar-refractivity contribution in [3.8, 4) is 5.75 Å². The van der Waals surface area contributed by atoms with E-state index in [1.807, 2.05) is 37.3 Å². The summed E-state index contributed by atoms with van der Waals surface area (Å²) in [7, 11) is 1.64. The summed E-state index contributed by atoms with van der Waals surface area (Å²) in [4.78, 5) is 0. The Bertz CT molecular complexity index is 568. The average Bonchev–Trinajstić information content (AvgIpc) is 2.42. The van der Waals surface area contributed by atoms with Crippen molar-refractivity contribution in [3.63, 3.8) is 0 Å². The van der Waals surface area contributed by atoms with Crippen LogP contribution in [-0.4, -0.2) is 7.11 Å². The molecule has 2 aromatic rings. The Morgan fingerprint density at radius 3 is 2.63 bits per heavy atom. The molecule has 0 aliphatic carbocycles. The van der Waals surface area contributed by atoms with Gasteiger partial charge in [-0.2, -0.15) is 0 Å². The van der Waals surface area contributed by atoms with Gasteiger partial charge in [0.1, 0.15) is 11.6 Å². The minimum atomic E-state index is -0.169. The van der Waals surface area contributed by atoms with Gasteiger partial charge in [0.25, 0.3) is 0 Å². The standard InChI is InChI=1S/C16H18FNO/c1-11-9-13(7-8-16(11)17)12(2)18-14-5-4-6-15(10-14)19-3/h4-10,12,18H,1-3H3. The highest BCUT2D eigenvalue weighted by molar-refractivity contribution is 5.49. The number of nitrogens with one attached hydrogen (secondary N) is 1. The molecule has 0 fully saturated rings. The summed E-state index contributed by atoms with van der Waals surface area (Å²) in [5.41, 5.74) is 2.70. The molecule has 1 unspecified atom stereocenters. The molecule has 19 heavy (non-hydrogen) atoms. The van der Waals surface area contributed by atoms with Gasteiger partial charge in [-0.25, -0.2) is 4.39 Å². The second kappa shape index (κ2) is 5.74. The Hall–Kier alpha value is -2.03. The maximum Gasteiger partial charge on any atom is 0.126 e. The quantitative estimate of drug-likeness (QED) is 0.883. The van der Waals surface area contributed by atoms with E-state index in [1.54, 1.807) is 20.1 Å². The molecule has 0 saturated carbocycles. The van der Waals surface area contributed by atoms with Gasteiger partial charge in [-0.05, 0) is 43.2 Å². The van der Waals surface area contributed by atoms with Crippen LogP contribution in [0.1, 0.15) is 24.1 Å². The van der Waals surface area contributed by atoms with Crippen molar-refractivity contribution in [1.82, 2.24) is 0 Å². The van der Waals surface area contributed by atoms with Crippen LogP contribution in [0.5, 0.6) is 5.75 Å². The van der Waals surface area contributed by atoms with Crippen LogP contribution in [0.25, 0.3) is 0 Å². The number of anilines is 1. The van der Waals surface area contributed by atoms with Gasteiger partial charge in [0.05, 0.1) is 7.11 Å². The lowest BCUT2D eigenvalue weighted by atomic mass is 10.1. The molecule has 1 atom stereocenters. The number of methoxy groups -OCH3 is 1. The molecule has 0 heterocycles. The predicted molar refractivity (Wildman–Crippen MR) is 76.2 cm³/mol. The number of aryl methyl sites for hydroxylation is 1. The third kappa shape index (κ3) is 3.25. The van der Waals surface area contributed by atoms with Crippen LogP contribution in [0.4, 0.5) is 10.1 Å². The summed E-state index contributed by atoms with van der Waals surface area (Å²) >= 11 is 0. The third-order valence-electron chi connectivity index (χ3n) is 3.13. The van der Waals surface area contributed by atoms with Crippen LogP contribution in [0.2, 0.25) is 0 Å². The van der Waals surface area contributed by atoms with Crippen molar-refractivity contribution < 1.29 is 9.13 Å². The van der Waals surface area contributed by atoms with Crippen LogP contribution in [-0.2, 0) is 0 Å². The normalized spacial score (nSPS) is 12.0. The first kappa shape index (κ1) is 13.4. The summed E-state index contributed by atoms with van der Waals surface area (Å²) in [6.07, 6.45) is 0. The zero-order valence-corrected chi connectivity index (χ0v) is 11.4. The van der Waals surface area contributed by atoms with Crippen LogP contribution in [0.3, 0.4) is 0 Å². The molecule has 3 heteroatoms. The Morgan fingerprint density at radius 2 is 1.95 bits per heavy atom. The van der Waals surface area contributed by atoms with Crippen molar-refractivity contribution in [3.05, 3.63) is 59.4 Å². The SMILES string of the molecule is COc1cccc(NC(C)c2ccc(F)c(C)c2)c1. The number of halogens is 1. The second-order valence-corrected chi connectivity index (χ2v) is 4.61. The molecule has 1 N–H and O–H groups in total. The molecule has 0 radical (unpaired) electrons. The monoisotopic (exact) mass is 259 g/mol. The van der Waals surface area contributed by atoms with Crippen molar-refractivity contribution in [1.29, 1.82) is 0 Å². The minimum absolute atomic E-state index is 0.103. The molecule has 0 aliphatic rings. The smallest absolute Gasteiger partial charge is 0.126 e. The Balaban J connectivity index is 2.15. The van der Waals surface area contributed by atoms with E-state index < -0.39 is 0 Å². The lowest BCUT2D eigenvalue weighted by Crippen LogP contribution is -2.07. The molecule has 2 rings (SSSR count). The van der Waals surface area contributed by atoms with Gasteiger partial charge in [0.2, 0.25) is 0 Å². The van der Waals surface area contributed by atoms with Crippen LogP contribution in [0.15, 0.2) is 42.5 Å². The van der Waals surface area contributed by atoms with Gasteiger partial charge in [-0.15, -0.1) is 0 Å². The molecular weight excluding hydrogens is 241 g/mol. The third-order valence-corrected chi connectivity index (χ3v) is 3.13. The molecule has 0 spiro atoms. The van der Waals surface area contributed by atoms with E-state index in [4.69, 9.17) is 4.74 Å². The number of benzene rings is 2. The molecule has 0 aromatic heterocycles. The average molecular weight is 259 g/mol. The lowest BCUT2D eigenvalue weighted by Gasteiger charge is -2.17. The largest absolute Gasteiger partial charge is 0.497 e. The maximum atomic E-state index is 13.3. The number of rotatable bonds is 4. The fraction of sp³-hybridized carbons (Fsp3) is 0.250. The van der Waals surface area contributed by atoms with E-state index in [0.717, 1.165) is 17.0 Å². The topological polar surface area (TPSA) is 21.3 Å². The van der Waals surface area contributed by atoms with Gasteiger partial charge < -0.3 is 10.1 Å². The molecule has 2 aromatic carbocycles. The van der Waals surface area contributed by atoms with Crippen molar-refractivity contribution in [2.45, 2.75) is 19.9 Å². The Morgan fingerprint density at radius 1 is 1.16 bits per heavy atom. The molecule has 2 nitrogen and oxygen atoms in total. The van der Waals surface area contributed by atoms with Crippen molar-refractivity contribution >= 4 is 5.69 Å². The molecular formula is C16H18FNO. The van der Waals surface area contributed by atoms with Crippen LogP contribution >= 0.6 is 0 Å². The van der Waals surface area contributed by atoms with Crippen LogP contribution < -0.4 is 10.1 Å². The summed E-state index contributed by atoms with van der Waals surface area (Å²) in [5, 5.41) is 3.38. The molecule has 100 valence electrons. The van der Waals surface area contributed by atoms with Gasteiger partial charge in [-0.3, -0.25) is 0 Å². The molecule has 0 aliphatic heterocycles. The van der Waals surface area contributed by atoms with Crippen molar-refractivity contribution in [2.24, 2.45) is 0 Å². The summed E-state index contributed by atoms with van der Waals surface area (Å²) in [5.74, 6) is 0.643. The highest BCUT2D eigenvalue weighted by Crippen LogP contribution is 2.23. The second-order valence-electron chi connectivity index (χ2n) is 4.61. The first-order chi connectivity index (χ1) is 9.10. The van der Waals surface area contributed by atoms with E-state index in [0.29, 0.717) is 5.56 Å². The molecule has 0 amide bonds. The first-order valence-corrected chi connectivity index (χ1v) is 6.27. The zero-order chi connectivity index (χ0) is 13.8. The summed E-state index contributed by atoms with van der Waals surface area (Å²) in [6, 6.07) is 13.0. The maximum absolute atomic E-state index is 13.3. The minimum Gasteiger partial charge on any atom is -0.497 e.